The highest BCUT2D eigenvalue weighted by Gasteiger charge is 2.72. The Kier molecular flexibility index (Phi) is 8.11. The Morgan fingerprint density at radius 2 is 1.74 bits per heavy atom. The van der Waals surface area contributed by atoms with E-state index in [0.717, 1.165) is 24.3 Å². The Bertz CT molecular complexity index is 1400. The number of ether oxygens (including phenoxy) is 2. The lowest BCUT2D eigenvalue weighted by atomic mass is 9.77. The minimum Gasteiger partial charge on any atom is -0.465 e. The molecule has 6 rings (SSSR count). The van der Waals surface area contributed by atoms with Crippen LogP contribution >= 0.6 is 0 Å². The number of aliphatic hydroxyl groups is 1. The van der Waals surface area contributed by atoms with Gasteiger partial charge in [0.05, 0.1) is 31.3 Å². The summed E-state index contributed by atoms with van der Waals surface area (Å²) in [5.41, 5.74) is 1.29. The van der Waals surface area contributed by atoms with Crippen molar-refractivity contribution in [3.8, 4) is 0 Å². The fourth-order valence-corrected chi connectivity index (χ4v) is 7.24. The van der Waals surface area contributed by atoms with Crippen molar-refractivity contribution >= 4 is 29.2 Å². The van der Waals surface area contributed by atoms with Crippen LogP contribution in [0.25, 0.3) is 0 Å². The molecule has 6 atom stereocenters. The summed E-state index contributed by atoms with van der Waals surface area (Å²) in [6.07, 6.45) is 7.59. The number of hydrogen-bond acceptors (Lipinski definition) is 7. The molecule has 4 aliphatic rings. The predicted octanol–water partition coefficient (Wildman–Crippen LogP) is 3.12. The molecule has 2 aromatic rings. The van der Waals surface area contributed by atoms with E-state index in [0.29, 0.717) is 18.5 Å². The lowest BCUT2D eigenvalue weighted by Gasteiger charge is -2.38. The molecule has 0 aliphatic carbocycles. The van der Waals surface area contributed by atoms with Gasteiger partial charge in [-0.25, -0.2) is 0 Å². The summed E-state index contributed by atoms with van der Waals surface area (Å²) in [4.78, 5) is 48.0. The number of esters is 1. The van der Waals surface area contributed by atoms with Gasteiger partial charge in [-0.1, -0.05) is 54.6 Å². The van der Waals surface area contributed by atoms with Gasteiger partial charge in [0.25, 0.3) is 5.91 Å². The number of likely N-dealkylation sites (tertiary alicyclic amines) is 1. The lowest BCUT2D eigenvalue weighted by molar-refractivity contribution is -0.155. The zero-order valence-electron chi connectivity index (χ0n) is 24.7. The van der Waals surface area contributed by atoms with Gasteiger partial charge in [-0.2, -0.15) is 0 Å². The summed E-state index contributed by atoms with van der Waals surface area (Å²) < 4.78 is 12.2. The van der Waals surface area contributed by atoms with Gasteiger partial charge in [0, 0.05) is 31.0 Å². The largest absolute Gasteiger partial charge is 0.465 e. The number of cyclic esters (lactones) is 1. The predicted molar refractivity (Wildman–Crippen MR) is 162 cm³/mol. The number of amides is 2. The van der Waals surface area contributed by atoms with Crippen LogP contribution in [0.3, 0.4) is 0 Å². The molecular weight excluding hydrogens is 546 g/mol. The van der Waals surface area contributed by atoms with Crippen LogP contribution in [0.1, 0.15) is 25.8 Å². The number of rotatable bonds is 8. The third kappa shape index (κ3) is 4.94. The maximum Gasteiger partial charge on any atom is 0.312 e. The van der Waals surface area contributed by atoms with E-state index in [1.807, 2.05) is 78.9 Å². The number of anilines is 2. The highest BCUT2D eigenvalue weighted by molar-refractivity contribution is 6.05. The first kappa shape index (κ1) is 29.1. The van der Waals surface area contributed by atoms with Crippen LogP contribution in [0.2, 0.25) is 0 Å². The Hall–Kier alpha value is -3.95. The van der Waals surface area contributed by atoms with Gasteiger partial charge in [0.1, 0.15) is 17.6 Å². The van der Waals surface area contributed by atoms with Crippen molar-refractivity contribution in [2.45, 2.75) is 50.5 Å². The number of fused-ring (bicyclic) bond motifs is 2. The number of aliphatic hydroxyl groups excluding tert-OH is 1. The minimum atomic E-state index is -1.39. The maximum atomic E-state index is 14.7. The molecule has 0 saturated carbocycles. The third-order valence-corrected chi connectivity index (χ3v) is 9.27. The third-order valence-electron chi connectivity index (χ3n) is 9.27. The fraction of sp³-hybridized carbons (Fsp3) is 0.441. The van der Waals surface area contributed by atoms with Crippen LogP contribution in [-0.4, -0.2) is 84.4 Å². The normalized spacial score (nSPS) is 28.9. The smallest absolute Gasteiger partial charge is 0.312 e. The first-order valence-electron chi connectivity index (χ1n) is 15.3. The standard InChI is InChI=1S/C34H39N3O6/c1-3-35(4-2)24-14-16-25(17-15-24)36-19-10-18-34-29(28-27(43-34)13-8-9-20-42-33(28)41)31(39)37(30(34)32(36)40)26(22-38)21-23-11-6-5-7-12-23/h5-8,10-18,26-30,38H,3-4,9,19-22H2,1-2H3/t26-,27+,28-,29+,30?,34+/m1/s1. The average molecular weight is 586 g/mol. The van der Waals surface area contributed by atoms with E-state index in [1.54, 1.807) is 4.90 Å². The molecule has 1 N–H and O–H groups in total. The number of carbonyl (C=O) groups excluding carboxylic acids is 3. The highest BCUT2D eigenvalue weighted by Crippen LogP contribution is 2.54. The van der Waals surface area contributed by atoms with Gasteiger partial charge in [-0.05, 0) is 56.5 Å². The van der Waals surface area contributed by atoms with Crippen molar-refractivity contribution in [1.29, 1.82) is 0 Å². The summed E-state index contributed by atoms with van der Waals surface area (Å²) in [7, 11) is 0. The Balaban J connectivity index is 1.43. The van der Waals surface area contributed by atoms with Crippen LogP contribution in [0.5, 0.6) is 0 Å². The SMILES string of the molecule is CCN(CC)c1ccc(N2CC=C[C@]34O[C@H]5C=CCCOC(=O)[C@H]5[C@H]3C(=O)N([C@@H](CO)Cc3ccccc3)C4C2=O)cc1. The Morgan fingerprint density at radius 1 is 1.00 bits per heavy atom. The van der Waals surface area contributed by atoms with Crippen molar-refractivity contribution in [3.63, 3.8) is 0 Å². The number of hydrogen-bond donors (Lipinski definition) is 1. The first-order chi connectivity index (χ1) is 20.9. The van der Waals surface area contributed by atoms with Crippen molar-refractivity contribution in [2.75, 3.05) is 42.6 Å². The van der Waals surface area contributed by atoms with Crippen molar-refractivity contribution in [3.05, 3.63) is 84.5 Å². The topological polar surface area (TPSA) is 99.6 Å². The molecule has 0 radical (unpaired) electrons. The van der Waals surface area contributed by atoms with Crippen LogP contribution in [0, 0.1) is 11.8 Å². The van der Waals surface area contributed by atoms with Gasteiger partial charge in [0.15, 0.2) is 0 Å². The Morgan fingerprint density at radius 3 is 2.44 bits per heavy atom. The molecule has 4 aliphatic heterocycles. The molecule has 9 heteroatoms. The molecule has 1 unspecified atom stereocenters. The minimum absolute atomic E-state index is 0.221. The molecule has 2 fully saturated rings. The summed E-state index contributed by atoms with van der Waals surface area (Å²) in [6, 6.07) is 15.6. The molecular formula is C34H39N3O6. The van der Waals surface area contributed by atoms with Crippen LogP contribution < -0.4 is 9.80 Å². The molecule has 2 amide bonds. The van der Waals surface area contributed by atoms with E-state index in [9.17, 15) is 19.5 Å². The second kappa shape index (κ2) is 12.0. The van der Waals surface area contributed by atoms with E-state index in [-0.39, 0.29) is 31.6 Å². The van der Waals surface area contributed by atoms with Crippen molar-refractivity contribution in [2.24, 2.45) is 11.8 Å². The molecule has 2 saturated heterocycles. The van der Waals surface area contributed by atoms with Gasteiger partial charge in [-0.3, -0.25) is 14.4 Å². The van der Waals surface area contributed by atoms with Crippen LogP contribution in [0.4, 0.5) is 11.4 Å². The summed E-state index contributed by atoms with van der Waals surface area (Å²) in [5.74, 6) is -3.05. The molecule has 2 aromatic carbocycles. The molecule has 43 heavy (non-hydrogen) atoms. The van der Waals surface area contributed by atoms with Gasteiger partial charge < -0.3 is 29.3 Å². The number of nitrogens with zero attached hydrogens (tertiary/aromatic N) is 3. The van der Waals surface area contributed by atoms with E-state index >= 15 is 0 Å². The maximum absolute atomic E-state index is 14.7. The van der Waals surface area contributed by atoms with E-state index in [4.69, 9.17) is 9.47 Å². The van der Waals surface area contributed by atoms with E-state index in [1.165, 1.54) is 4.90 Å². The molecule has 1 spiro atoms. The van der Waals surface area contributed by atoms with E-state index in [2.05, 4.69) is 18.7 Å². The highest BCUT2D eigenvalue weighted by atomic mass is 16.6. The zero-order valence-corrected chi connectivity index (χ0v) is 24.7. The molecule has 0 bridgehead atoms. The van der Waals surface area contributed by atoms with Crippen LogP contribution in [-0.2, 0) is 30.3 Å². The molecule has 4 heterocycles. The first-order valence-corrected chi connectivity index (χ1v) is 15.3. The summed E-state index contributed by atoms with van der Waals surface area (Å²) in [6.45, 7) is 6.08. The van der Waals surface area contributed by atoms with Gasteiger partial charge in [0.2, 0.25) is 5.91 Å². The zero-order chi connectivity index (χ0) is 30.1. The van der Waals surface area contributed by atoms with E-state index < -0.39 is 41.6 Å². The lowest BCUT2D eigenvalue weighted by Crippen LogP contribution is -2.58. The van der Waals surface area contributed by atoms with Gasteiger partial charge >= 0.3 is 5.97 Å². The molecule has 0 aromatic heterocycles. The number of benzene rings is 2. The summed E-state index contributed by atoms with van der Waals surface area (Å²) >= 11 is 0. The Labute approximate surface area is 252 Å². The van der Waals surface area contributed by atoms with Crippen molar-refractivity contribution < 1.29 is 29.0 Å². The molecule has 9 nitrogen and oxygen atoms in total. The van der Waals surface area contributed by atoms with Crippen LogP contribution in [0.15, 0.2) is 78.9 Å². The second-order valence-corrected chi connectivity index (χ2v) is 11.5. The quantitative estimate of drug-likeness (QED) is 0.376. The number of carbonyl (C=O) groups is 3. The molecule has 226 valence electrons. The fourth-order valence-electron chi connectivity index (χ4n) is 7.24. The average Bonchev–Trinajstić information content (AvgIpc) is 3.40. The summed E-state index contributed by atoms with van der Waals surface area (Å²) in [5, 5.41) is 10.7. The second-order valence-electron chi connectivity index (χ2n) is 11.5. The monoisotopic (exact) mass is 585 g/mol. The van der Waals surface area contributed by atoms with Crippen molar-refractivity contribution in [1.82, 2.24) is 4.90 Å². The van der Waals surface area contributed by atoms with Gasteiger partial charge in [-0.15, -0.1) is 0 Å².